The maximum atomic E-state index is 5.75. The topological polar surface area (TPSA) is 47.3 Å². The quantitative estimate of drug-likeness (QED) is 0.857. The molecule has 92 valence electrons. The van der Waals surface area contributed by atoms with Crippen LogP contribution < -0.4 is 15.8 Å². The van der Waals surface area contributed by atoms with Gasteiger partial charge in [-0.3, -0.25) is 0 Å². The number of hydrogen-bond acceptors (Lipinski definition) is 3. The average Bonchev–Trinajstić information content (AvgIpc) is 2.32. The molecule has 0 spiro atoms. The molecule has 0 fully saturated rings. The van der Waals surface area contributed by atoms with Crippen LogP contribution in [0.25, 0.3) is 0 Å². The minimum absolute atomic E-state index is 0.405. The third-order valence-electron chi connectivity index (χ3n) is 2.40. The van der Waals surface area contributed by atoms with Crippen LogP contribution in [0.3, 0.4) is 0 Å². The molecule has 0 aliphatic heterocycles. The third-order valence-corrected chi connectivity index (χ3v) is 2.40. The summed E-state index contributed by atoms with van der Waals surface area (Å²) < 4.78 is 5.75. The molecular weight excluding hydrogens is 224 g/mol. The Balaban J connectivity index is 2.13. The van der Waals surface area contributed by atoms with Crippen LogP contribution in [0.4, 0.5) is 5.69 Å². The molecule has 0 aromatic heterocycles. The molecule has 0 aliphatic rings. The van der Waals surface area contributed by atoms with Crippen molar-refractivity contribution in [1.82, 2.24) is 0 Å². The molecule has 3 nitrogen and oxygen atoms in total. The highest BCUT2D eigenvalue weighted by Gasteiger charge is 1.99. The standard InChI is InChI=1S/C15H16N2O/c1-11-6-8-14(9-7-11)18-15-5-3-4-13(10-15)17-12(2)16/h3-10,17H,2,16H2,1H3. The molecule has 0 saturated heterocycles. The molecule has 3 heteroatoms. The van der Waals surface area contributed by atoms with Crippen molar-refractivity contribution in [3.63, 3.8) is 0 Å². The molecule has 0 unspecified atom stereocenters. The molecule has 0 radical (unpaired) electrons. The first-order valence-electron chi connectivity index (χ1n) is 5.69. The predicted molar refractivity (Wildman–Crippen MR) is 74.6 cm³/mol. The zero-order valence-corrected chi connectivity index (χ0v) is 10.3. The molecule has 0 aliphatic carbocycles. The number of rotatable bonds is 4. The van der Waals surface area contributed by atoms with E-state index in [9.17, 15) is 0 Å². The molecule has 0 saturated carbocycles. The van der Waals surface area contributed by atoms with E-state index in [2.05, 4.69) is 11.9 Å². The molecule has 0 atom stereocenters. The molecule has 18 heavy (non-hydrogen) atoms. The van der Waals surface area contributed by atoms with Crippen LogP contribution >= 0.6 is 0 Å². The molecule has 2 rings (SSSR count). The lowest BCUT2D eigenvalue weighted by Gasteiger charge is -2.09. The van der Waals surface area contributed by atoms with Gasteiger partial charge in [0.05, 0.1) is 5.82 Å². The Labute approximate surface area is 107 Å². The first-order valence-corrected chi connectivity index (χ1v) is 5.69. The largest absolute Gasteiger partial charge is 0.457 e. The van der Waals surface area contributed by atoms with E-state index >= 15 is 0 Å². The average molecular weight is 240 g/mol. The number of hydrogen-bond donors (Lipinski definition) is 2. The van der Waals surface area contributed by atoms with Crippen molar-refractivity contribution in [3.05, 3.63) is 66.5 Å². The first-order chi connectivity index (χ1) is 8.63. The molecule has 2 aromatic carbocycles. The number of nitrogens with one attached hydrogen (secondary N) is 1. The Morgan fingerprint density at radius 1 is 1.11 bits per heavy atom. The highest BCUT2D eigenvalue weighted by molar-refractivity contribution is 5.52. The van der Waals surface area contributed by atoms with Crippen LogP contribution in [0.15, 0.2) is 60.9 Å². The number of nitrogens with two attached hydrogens (primary N) is 1. The van der Waals surface area contributed by atoms with Crippen LogP contribution in [0.1, 0.15) is 5.56 Å². The van der Waals surface area contributed by atoms with Gasteiger partial charge in [-0.25, -0.2) is 0 Å². The third kappa shape index (κ3) is 3.28. The van der Waals surface area contributed by atoms with E-state index in [1.54, 1.807) is 0 Å². The van der Waals surface area contributed by atoms with Gasteiger partial charge in [0.1, 0.15) is 11.5 Å². The summed E-state index contributed by atoms with van der Waals surface area (Å²) in [6, 6.07) is 15.5. The van der Waals surface area contributed by atoms with E-state index in [-0.39, 0.29) is 0 Å². The van der Waals surface area contributed by atoms with Crippen molar-refractivity contribution in [2.75, 3.05) is 5.32 Å². The van der Waals surface area contributed by atoms with Gasteiger partial charge in [-0.2, -0.15) is 0 Å². The van der Waals surface area contributed by atoms with E-state index in [1.807, 2.05) is 55.5 Å². The van der Waals surface area contributed by atoms with Crippen LogP contribution in [0.5, 0.6) is 11.5 Å². The van der Waals surface area contributed by atoms with Crippen LogP contribution in [-0.4, -0.2) is 0 Å². The fourth-order valence-electron chi connectivity index (χ4n) is 1.57. The highest BCUT2D eigenvalue weighted by Crippen LogP contribution is 2.24. The second-order valence-electron chi connectivity index (χ2n) is 4.09. The number of anilines is 1. The van der Waals surface area contributed by atoms with Gasteiger partial charge in [0, 0.05) is 11.8 Å². The summed E-state index contributed by atoms with van der Waals surface area (Å²) >= 11 is 0. The monoisotopic (exact) mass is 240 g/mol. The number of ether oxygens (including phenoxy) is 1. The number of benzene rings is 2. The normalized spacial score (nSPS) is 9.83. The van der Waals surface area contributed by atoms with Gasteiger partial charge in [-0.15, -0.1) is 0 Å². The van der Waals surface area contributed by atoms with Gasteiger partial charge in [-0.05, 0) is 31.2 Å². The summed E-state index contributed by atoms with van der Waals surface area (Å²) in [5.74, 6) is 1.97. The summed E-state index contributed by atoms with van der Waals surface area (Å²) in [6.07, 6.45) is 0. The fourth-order valence-corrected chi connectivity index (χ4v) is 1.57. The molecule has 0 bridgehead atoms. The molecular formula is C15H16N2O. The lowest BCUT2D eigenvalue weighted by molar-refractivity contribution is 0.483. The predicted octanol–water partition coefficient (Wildman–Crippen LogP) is 3.63. The van der Waals surface area contributed by atoms with Gasteiger partial charge in [0.2, 0.25) is 0 Å². The van der Waals surface area contributed by atoms with Crippen molar-refractivity contribution in [3.8, 4) is 11.5 Å². The van der Waals surface area contributed by atoms with Crippen LogP contribution in [0.2, 0.25) is 0 Å². The smallest absolute Gasteiger partial charge is 0.129 e. The summed E-state index contributed by atoms with van der Waals surface area (Å²) in [6.45, 7) is 5.64. The Morgan fingerprint density at radius 2 is 1.83 bits per heavy atom. The van der Waals surface area contributed by atoms with Gasteiger partial charge < -0.3 is 15.8 Å². The van der Waals surface area contributed by atoms with E-state index in [4.69, 9.17) is 10.5 Å². The summed E-state index contributed by atoms with van der Waals surface area (Å²) in [5.41, 5.74) is 7.56. The summed E-state index contributed by atoms with van der Waals surface area (Å²) in [4.78, 5) is 0. The van der Waals surface area contributed by atoms with E-state index in [0.29, 0.717) is 5.82 Å². The van der Waals surface area contributed by atoms with Crippen LogP contribution in [0, 0.1) is 6.92 Å². The zero-order chi connectivity index (χ0) is 13.0. The van der Waals surface area contributed by atoms with Crippen molar-refractivity contribution in [2.45, 2.75) is 6.92 Å². The second kappa shape index (κ2) is 5.27. The lowest BCUT2D eigenvalue weighted by Crippen LogP contribution is -2.06. The molecule has 0 amide bonds. The maximum absolute atomic E-state index is 5.75. The van der Waals surface area contributed by atoms with Gasteiger partial charge >= 0.3 is 0 Å². The number of aryl methyl sites for hydroxylation is 1. The SMILES string of the molecule is C=C(N)Nc1cccc(Oc2ccc(C)cc2)c1. The Kier molecular flexibility index (Phi) is 3.53. The lowest BCUT2D eigenvalue weighted by atomic mass is 10.2. The van der Waals surface area contributed by atoms with E-state index in [0.717, 1.165) is 17.2 Å². The van der Waals surface area contributed by atoms with Crippen molar-refractivity contribution >= 4 is 5.69 Å². The maximum Gasteiger partial charge on any atom is 0.129 e. The van der Waals surface area contributed by atoms with Crippen molar-refractivity contribution < 1.29 is 4.74 Å². The Bertz CT molecular complexity index is 547. The molecule has 2 aromatic rings. The first kappa shape index (κ1) is 12.0. The fraction of sp³-hybridized carbons (Fsp3) is 0.0667. The second-order valence-corrected chi connectivity index (χ2v) is 4.09. The van der Waals surface area contributed by atoms with Gasteiger partial charge in [0.25, 0.3) is 0 Å². The molecule has 3 N–H and O–H groups in total. The van der Waals surface area contributed by atoms with E-state index < -0.39 is 0 Å². The minimum Gasteiger partial charge on any atom is -0.457 e. The van der Waals surface area contributed by atoms with Gasteiger partial charge in [0.15, 0.2) is 0 Å². The summed E-state index contributed by atoms with van der Waals surface area (Å²) in [7, 11) is 0. The molecule has 0 heterocycles. The Morgan fingerprint density at radius 3 is 2.50 bits per heavy atom. The minimum atomic E-state index is 0.405. The summed E-state index contributed by atoms with van der Waals surface area (Å²) in [5, 5.41) is 2.94. The zero-order valence-electron chi connectivity index (χ0n) is 10.3. The Hall–Kier alpha value is -2.42. The van der Waals surface area contributed by atoms with Gasteiger partial charge in [-0.1, -0.05) is 30.3 Å². The van der Waals surface area contributed by atoms with Crippen molar-refractivity contribution in [2.24, 2.45) is 5.73 Å². The van der Waals surface area contributed by atoms with Crippen LogP contribution in [-0.2, 0) is 0 Å². The highest BCUT2D eigenvalue weighted by atomic mass is 16.5. The van der Waals surface area contributed by atoms with E-state index in [1.165, 1.54) is 5.56 Å². The van der Waals surface area contributed by atoms with Crippen molar-refractivity contribution in [1.29, 1.82) is 0 Å².